The number of nitrogens with one attached hydrogen (secondary N) is 1. The first-order valence-corrected chi connectivity index (χ1v) is 5.96. The number of para-hydroxylation sites is 1. The van der Waals surface area contributed by atoms with Gasteiger partial charge in [0.2, 0.25) is 0 Å². The van der Waals surface area contributed by atoms with Gasteiger partial charge in [0, 0.05) is 10.9 Å². The van der Waals surface area contributed by atoms with Crippen LogP contribution >= 0.6 is 0 Å². The second-order valence-corrected chi connectivity index (χ2v) is 2.99. The topological polar surface area (TPSA) is 32.9 Å². The molecule has 0 unspecified atom stereocenters. The molecule has 1 aromatic carbocycles. The van der Waals surface area contributed by atoms with Gasteiger partial charge >= 0.3 is 0 Å². The first-order valence-electron chi connectivity index (χ1n) is 5.96. The van der Waals surface area contributed by atoms with E-state index in [1.54, 1.807) is 25.1 Å². The molecule has 0 radical (unpaired) electrons. The highest BCUT2D eigenvalue weighted by atomic mass is 19.1. The Morgan fingerprint density at radius 1 is 1.12 bits per heavy atom. The van der Waals surface area contributed by atoms with Crippen molar-refractivity contribution in [3.63, 3.8) is 0 Å². The van der Waals surface area contributed by atoms with E-state index < -0.39 is 5.82 Å². The summed E-state index contributed by atoms with van der Waals surface area (Å²) in [6.45, 7) is 9.70. The van der Waals surface area contributed by atoms with Gasteiger partial charge in [-0.05, 0) is 19.1 Å². The van der Waals surface area contributed by atoms with Crippen molar-refractivity contribution in [1.82, 2.24) is 4.98 Å². The Labute approximate surface area is 101 Å². The number of H-pyrrole nitrogens is 1. The third-order valence-electron chi connectivity index (χ3n) is 2.01. The summed E-state index contributed by atoms with van der Waals surface area (Å²) >= 11 is 0. The quantitative estimate of drug-likeness (QED) is 0.737. The molecule has 0 aliphatic carbocycles. The molecule has 0 bridgehead atoms. The largest absolute Gasteiger partial charge is 0.319 e. The SMILES string of the molecule is CC.CC.Cc1cc2cccc(F)c2[nH]c1=O. The van der Waals surface area contributed by atoms with Crippen molar-refractivity contribution in [2.45, 2.75) is 34.6 Å². The van der Waals surface area contributed by atoms with Crippen LogP contribution in [0.5, 0.6) is 0 Å². The smallest absolute Gasteiger partial charge is 0.251 e. The molecule has 2 aromatic rings. The number of aryl methyl sites for hydroxylation is 1. The second kappa shape index (κ2) is 7.60. The average Bonchev–Trinajstić information content (AvgIpc) is 2.37. The second-order valence-electron chi connectivity index (χ2n) is 2.99. The Kier molecular flexibility index (Phi) is 6.87. The van der Waals surface area contributed by atoms with Crippen LogP contribution < -0.4 is 5.56 Å². The van der Waals surface area contributed by atoms with Crippen LogP contribution in [0, 0.1) is 12.7 Å². The van der Waals surface area contributed by atoms with Gasteiger partial charge in [0.1, 0.15) is 5.82 Å². The zero-order chi connectivity index (χ0) is 13.4. The van der Waals surface area contributed by atoms with E-state index in [0.717, 1.165) is 5.39 Å². The van der Waals surface area contributed by atoms with Gasteiger partial charge in [0.25, 0.3) is 5.56 Å². The number of aromatic amines is 1. The Balaban J connectivity index is 0.000000581. The molecule has 0 fully saturated rings. The van der Waals surface area contributed by atoms with Gasteiger partial charge in [-0.25, -0.2) is 4.39 Å². The summed E-state index contributed by atoms with van der Waals surface area (Å²) in [5.74, 6) is -0.394. The minimum atomic E-state index is -0.394. The normalized spacial score (nSPS) is 8.82. The molecule has 3 heteroatoms. The zero-order valence-electron chi connectivity index (χ0n) is 11.1. The van der Waals surface area contributed by atoms with Crippen LogP contribution in [0.3, 0.4) is 0 Å². The van der Waals surface area contributed by atoms with Crippen molar-refractivity contribution in [3.05, 3.63) is 46.0 Å². The Bertz CT molecular complexity index is 517. The van der Waals surface area contributed by atoms with Crippen LogP contribution in [0.15, 0.2) is 29.1 Å². The molecule has 17 heavy (non-hydrogen) atoms. The third kappa shape index (κ3) is 3.70. The molecule has 0 atom stereocenters. The highest BCUT2D eigenvalue weighted by Crippen LogP contribution is 2.13. The lowest BCUT2D eigenvalue weighted by molar-refractivity contribution is 0.636. The van der Waals surface area contributed by atoms with E-state index >= 15 is 0 Å². The van der Waals surface area contributed by atoms with Crippen LogP contribution in [0.4, 0.5) is 4.39 Å². The molecule has 1 N–H and O–H groups in total. The van der Waals surface area contributed by atoms with Crippen molar-refractivity contribution < 1.29 is 4.39 Å². The van der Waals surface area contributed by atoms with E-state index in [-0.39, 0.29) is 11.1 Å². The number of pyridine rings is 1. The van der Waals surface area contributed by atoms with Crippen LogP contribution in [0.25, 0.3) is 10.9 Å². The van der Waals surface area contributed by atoms with Gasteiger partial charge in [0.15, 0.2) is 0 Å². The Morgan fingerprint density at radius 2 is 1.71 bits per heavy atom. The fraction of sp³-hybridized carbons (Fsp3) is 0.357. The summed E-state index contributed by atoms with van der Waals surface area (Å²) in [6.07, 6.45) is 0. The maximum absolute atomic E-state index is 13.1. The predicted octanol–water partition coefficient (Wildman–Crippen LogP) is 4.03. The highest BCUT2D eigenvalue weighted by molar-refractivity contribution is 5.79. The molecule has 2 rings (SSSR count). The van der Waals surface area contributed by atoms with Gasteiger partial charge in [-0.15, -0.1) is 0 Å². The number of aromatic nitrogens is 1. The molecule has 0 aliphatic rings. The lowest BCUT2D eigenvalue weighted by Gasteiger charge is -1.99. The number of fused-ring (bicyclic) bond motifs is 1. The van der Waals surface area contributed by atoms with Crippen molar-refractivity contribution in [1.29, 1.82) is 0 Å². The summed E-state index contributed by atoms with van der Waals surface area (Å²) in [6, 6.07) is 6.39. The zero-order valence-corrected chi connectivity index (χ0v) is 11.1. The fourth-order valence-corrected chi connectivity index (χ4v) is 1.30. The molecule has 1 aromatic heterocycles. The molecule has 0 aliphatic heterocycles. The molecule has 0 amide bonds. The summed E-state index contributed by atoms with van der Waals surface area (Å²) < 4.78 is 13.1. The van der Waals surface area contributed by atoms with Crippen molar-refractivity contribution in [2.24, 2.45) is 0 Å². The summed E-state index contributed by atoms with van der Waals surface area (Å²) in [7, 11) is 0. The minimum Gasteiger partial charge on any atom is -0.319 e. The first kappa shape index (κ1) is 15.4. The number of benzene rings is 1. The maximum Gasteiger partial charge on any atom is 0.251 e. The van der Waals surface area contributed by atoms with E-state index in [9.17, 15) is 9.18 Å². The molecule has 0 spiro atoms. The van der Waals surface area contributed by atoms with Crippen LogP contribution in [0.2, 0.25) is 0 Å². The molecule has 0 saturated carbocycles. The monoisotopic (exact) mass is 237 g/mol. The number of hydrogen-bond acceptors (Lipinski definition) is 1. The summed E-state index contributed by atoms with van der Waals surface area (Å²) in [5.41, 5.74) is 0.633. The molecule has 0 saturated heterocycles. The van der Waals surface area contributed by atoms with Crippen molar-refractivity contribution >= 4 is 10.9 Å². The number of rotatable bonds is 0. The third-order valence-corrected chi connectivity index (χ3v) is 2.01. The van der Waals surface area contributed by atoms with Crippen LogP contribution in [-0.4, -0.2) is 4.98 Å². The van der Waals surface area contributed by atoms with E-state index in [2.05, 4.69) is 4.98 Å². The fourth-order valence-electron chi connectivity index (χ4n) is 1.30. The van der Waals surface area contributed by atoms with Crippen molar-refractivity contribution in [2.75, 3.05) is 0 Å². The van der Waals surface area contributed by atoms with Gasteiger partial charge in [0.05, 0.1) is 5.52 Å². The van der Waals surface area contributed by atoms with Gasteiger partial charge < -0.3 is 4.98 Å². The van der Waals surface area contributed by atoms with Crippen LogP contribution in [-0.2, 0) is 0 Å². The lowest BCUT2D eigenvalue weighted by atomic mass is 10.2. The maximum atomic E-state index is 13.1. The Hall–Kier alpha value is -1.64. The average molecular weight is 237 g/mol. The molecule has 94 valence electrons. The van der Waals surface area contributed by atoms with Crippen LogP contribution in [0.1, 0.15) is 33.3 Å². The Morgan fingerprint density at radius 3 is 2.29 bits per heavy atom. The van der Waals surface area contributed by atoms with E-state index in [1.165, 1.54) is 6.07 Å². The van der Waals surface area contributed by atoms with Gasteiger partial charge in [-0.1, -0.05) is 39.8 Å². The molecule has 1 heterocycles. The molecule has 2 nitrogen and oxygen atoms in total. The van der Waals surface area contributed by atoms with Gasteiger partial charge in [-0.3, -0.25) is 4.79 Å². The lowest BCUT2D eigenvalue weighted by Crippen LogP contribution is -2.09. The minimum absolute atomic E-state index is 0.238. The molecular formula is C14H20FNO. The van der Waals surface area contributed by atoms with Gasteiger partial charge in [-0.2, -0.15) is 0 Å². The van der Waals surface area contributed by atoms with E-state index in [1.807, 2.05) is 27.7 Å². The number of hydrogen-bond donors (Lipinski definition) is 1. The van der Waals surface area contributed by atoms with E-state index in [0.29, 0.717) is 5.56 Å². The van der Waals surface area contributed by atoms with Crippen molar-refractivity contribution in [3.8, 4) is 0 Å². The first-order chi connectivity index (χ1) is 8.18. The number of halogens is 1. The summed E-state index contributed by atoms with van der Waals surface area (Å²) in [4.78, 5) is 13.7. The highest BCUT2D eigenvalue weighted by Gasteiger charge is 2.01. The molecular weight excluding hydrogens is 217 g/mol. The van der Waals surface area contributed by atoms with E-state index in [4.69, 9.17) is 0 Å². The standard InChI is InChI=1S/C10H8FNO.2C2H6/c1-6-5-7-3-2-4-8(11)9(7)12-10(6)13;2*1-2/h2-5H,1H3,(H,12,13);2*1-2H3. The predicted molar refractivity (Wildman–Crippen MR) is 72.0 cm³/mol. The summed E-state index contributed by atoms with van der Waals surface area (Å²) in [5, 5.41) is 0.720.